The van der Waals surface area contributed by atoms with Crippen LogP contribution in [0.2, 0.25) is 0 Å². The van der Waals surface area contributed by atoms with Crippen molar-refractivity contribution in [3.05, 3.63) is 35.4 Å². The molecule has 1 aliphatic heterocycles. The van der Waals surface area contributed by atoms with Crippen LogP contribution in [0.15, 0.2) is 24.3 Å². The van der Waals surface area contributed by atoms with Gasteiger partial charge in [-0.2, -0.15) is 0 Å². The summed E-state index contributed by atoms with van der Waals surface area (Å²) in [5, 5.41) is 2.68. The number of fused-ring (bicyclic) bond motifs is 1. The van der Waals surface area contributed by atoms with E-state index in [1.807, 2.05) is 0 Å². The maximum Gasteiger partial charge on any atom is 0.406 e. The molecule has 12 heavy (non-hydrogen) atoms. The number of anilines is 1. The minimum Gasteiger partial charge on any atom is -0.497 e. The second kappa shape index (κ2) is 2.29. The van der Waals surface area contributed by atoms with Gasteiger partial charge in [-0.15, -0.1) is 0 Å². The Hall–Kier alpha value is -1.93. The molecule has 0 spiro atoms. The van der Waals surface area contributed by atoms with Crippen molar-refractivity contribution in [1.29, 1.82) is 0 Å². The lowest BCUT2D eigenvalue weighted by Crippen LogP contribution is -2.14. The Balaban J connectivity index is 2.64. The second-order valence-electron chi connectivity index (χ2n) is 2.45. The second-order valence-corrected chi connectivity index (χ2v) is 2.45. The number of Topliss-reactive ketones (excluding diaryl/α,β-unsaturated/α-hetero) is 1. The number of benzene rings is 1. The van der Waals surface area contributed by atoms with Crippen LogP contribution in [0.4, 0.5) is 5.69 Å². The van der Waals surface area contributed by atoms with Gasteiger partial charge in [-0.1, -0.05) is 12.1 Å². The molecule has 1 aromatic carbocycles. The molecule has 0 aliphatic carbocycles. The van der Waals surface area contributed by atoms with Crippen LogP contribution in [0, 0.1) is 0 Å². The molecule has 1 aliphatic rings. The van der Waals surface area contributed by atoms with Crippen molar-refractivity contribution in [1.82, 2.24) is 0 Å². The van der Waals surface area contributed by atoms with Gasteiger partial charge in [-0.3, -0.25) is 4.79 Å². The Kier molecular flexibility index (Phi) is 1.29. The number of ketones is 1. The molecule has 0 amide bonds. The summed E-state index contributed by atoms with van der Waals surface area (Å²) in [6.07, 6.45) is 0. The van der Waals surface area contributed by atoms with Crippen LogP contribution < -0.4 is 5.32 Å². The van der Waals surface area contributed by atoms with Gasteiger partial charge in [0.2, 0.25) is 0 Å². The van der Waals surface area contributed by atoms with Crippen LogP contribution in [0.3, 0.4) is 0 Å². The Morgan fingerprint density at radius 3 is 2.75 bits per heavy atom. The lowest BCUT2D eigenvalue weighted by molar-refractivity contribution is -0.00549. The number of nitrogens with zero attached hydrogens (tertiary/aromatic N) is 2. The highest BCUT2D eigenvalue weighted by atomic mass is 16.1. The summed E-state index contributed by atoms with van der Waals surface area (Å²) in [5.41, 5.74) is 9.65. The van der Waals surface area contributed by atoms with Crippen LogP contribution in [0.25, 0.3) is 5.53 Å². The first-order valence-electron chi connectivity index (χ1n) is 3.46. The van der Waals surface area contributed by atoms with Gasteiger partial charge in [0.05, 0.1) is 5.56 Å². The van der Waals surface area contributed by atoms with Crippen molar-refractivity contribution < 1.29 is 9.58 Å². The molecule has 0 bridgehead atoms. The van der Waals surface area contributed by atoms with E-state index in [1.54, 1.807) is 24.3 Å². The van der Waals surface area contributed by atoms with Crippen molar-refractivity contribution >= 4 is 17.3 Å². The van der Waals surface area contributed by atoms with Gasteiger partial charge in [-0.05, 0) is 12.1 Å². The molecule has 1 aromatic rings. The van der Waals surface area contributed by atoms with E-state index in [0.717, 1.165) is 0 Å². The van der Waals surface area contributed by atoms with Gasteiger partial charge in [0.25, 0.3) is 5.78 Å². The predicted molar refractivity (Wildman–Crippen MR) is 43.0 cm³/mol. The maximum absolute atomic E-state index is 11.3. The first-order valence-corrected chi connectivity index (χ1v) is 3.46. The standard InChI is InChI=1S/C8H5N3O/c9-11-8-7(12)5-3-1-2-4-6(5)10-8/h1-4,10H. The highest BCUT2D eigenvalue weighted by Gasteiger charge is 2.33. The van der Waals surface area contributed by atoms with Gasteiger partial charge in [0, 0.05) is 0 Å². The predicted octanol–water partition coefficient (Wildman–Crippen LogP) is 0.923. The van der Waals surface area contributed by atoms with Crippen LogP contribution in [0.1, 0.15) is 10.4 Å². The molecule has 0 saturated heterocycles. The molecular weight excluding hydrogens is 154 g/mol. The summed E-state index contributed by atoms with van der Waals surface area (Å²) in [5.74, 6) is -0.288. The molecule has 58 valence electrons. The quantitative estimate of drug-likeness (QED) is 0.452. The molecule has 0 unspecified atom stereocenters. The zero-order valence-corrected chi connectivity index (χ0v) is 6.11. The first kappa shape index (κ1) is 6.76. The third-order valence-electron chi connectivity index (χ3n) is 1.74. The number of hydrogen-bond donors (Lipinski definition) is 1. The average Bonchev–Trinajstić information content (AvgIpc) is 2.44. The van der Waals surface area contributed by atoms with E-state index in [9.17, 15) is 4.79 Å². The van der Waals surface area contributed by atoms with E-state index in [0.29, 0.717) is 11.3 Å². The third-order valence-corrected chi connectivity index (χ3v) is 1.74. The Bertz CT molecular complexity index is 405. The maximum atomic E-state index is 11.3. The number of hydrogen-bond acceptors (Lipinski definition) is 1. The zero-order chi connectivity index (χ0) is 8.55. The molecule has 0 radical (unpaired) electrons. The van der Waals surface area contributed by atoms with Gasteiger partial charge in [-0.25, -0.2) is 5.32 Å². The van der Waals surface area contributed by atoms with Crippen LogP contribution >= 0.6 is 0 Å². The third kappa shape index (κ3) is 0.758. The number of carbonyl (C=O) groups excluding carboxylic acids is 1. The molecule has 2 rings (SSSR count). The van der Waals surface area contributed by atoms with E-state index in [2.05, 4.69) is 10.1 Å². The minimum atomic E-state index is -0.270. The lowest BCUT2D eigenvalue weighted by atomic mass is 10.1. The number of nitrogens with one attached hydrogen (secondary N) is 1. The van der Waals surface area contributed by atoms with Crippen LogP contribution in [-0.4, -0.2) is 16.4 Å². The fourth-order valence-corrected chi connectivity index (χ4v) is 1.17. The first-order chi connectivity index (χ1) is 5.83. The summed E-state index contributed by atoms with van der Waals surface area (Å²) in [6.45, 7) is 0. The van der Waals surface area contributed by atoms with Crippen molar-refractivity contribution in [2.75, 3.05) is 5.32 Å². The van der Waals surface area contributed by atoms with Crippen molar-refractivity contribution in [3.8, 4) is 0 Å². The monoisotopic (exact) mass is 159 g/mol. The van der Waals surface area contributed by atoms with E-state index in [4.69, 9.17) is 5.53 Å². The molecule has 0 fully saturated rings. The van der Waals surface area contributed by atoms with E-state index < -0.39 is 0 Å². The molecule has 4 nitrogen and oxygen atoms in total. The highest BCUT2D eigenvalue weighted by Crippen LogP contribution is 2.21. The number of amidine groups is 1. The SMILES string of the molecule is [N-]=[N+]=C1Nc2ccccc2C1=O. The Labute approximate surface area is 68.4 Å². The summed E-state index contributed by atoms with van der Waals surface area (Å²) < 4.78 is 0. The topological polar surface area (TPSA) is 65.5 Å². The van der Waals surface area contributed by atoms with E-state index in [1.165, 1.54) is 0 Å². The molecule has 0 atom stereocenters. The lowest BCUT2D eigenvalue weighted by Gasteiger charge is -1.86. The number of carbonyl (C=O) groups is 1. The molecule has 0 aromatic heterocycles. The fourth-order valence-electron chi connectivity index (χ4n) is 1.17. The fraction of sp³-hybridized carbons (Fsp3) is 0. The summed E-state index contributed by atoms with van der Waals surface area (Å²) in [7, 11) is 0. The average molecular weight is 159 g/mol. The molecule has 4 heteroatoms. The summed E-state index contributed by atoms with van der Waals surface area (Å²) in [6, 6.07) is 7.01. The van der Waals surface area contributed by atoms with Crippen LogP contribution in [0.5, 0.6) is 0 Å². The molecule has 1 N–H and O–H groups in total. The van der Waals surface area contributed by atoms with E-state index in [-0.39, 0.29) is 11.6 Å². The normalized spacial score (nSPS) is 13.7. The smallest absolute Gasteiger partial charge is 0.406 e. The minimum absolute atomic E-state index is 0.0174. The summed E-state index contributed by atoms with van der Waals surface area (Å²) >= 11 is 0. The number of para-hydroxylation sites is 1. The number of rotatable bonds is 0. The van der Waals surface area contributed by atoms with Gasteiger partial charge in [0.15, 0.2) is 0 Å². The molecule has 1 heterocycles. The van der Waals surface area contributed by atoms with Gasteiger partial charge in [0.1, 0.15) is 5.69 Å². The van der Waals surface area contributed by atoms with Crippen LogP contribution in [-0.2, 0) is 0 Å². The molecular formula is C8H5N3O. The molecule has 0 saturated carbocycles. The highest BCUT2D eigenvalue weighted by molar-refractivity contribution is 6.51. The Morgan fingerprint density at radius 1 is 1.33 bits per heavy atom. The largest absolute Gasteiger partial charge is 0.497 e. The summed E-state index contributed by atoms with van der Waals surface area (Å²) in [4.78, 5) is 14.1. The van der Waals surface area contributed by atoms with Crippen molar-refractivity contribution in [2.24, 2.45) is 0 Å². The van der Waals surface area contributed by atoms with Crippen molar-refractivity contribution in [3.63, 3.8) is 0 Å². The Morgan fingerprint density at radius 2 is 2.08 bits per heavy atom. The van der Waals surface area contributed by atoms with Gasteiger partial charge < -0.3 is 10.3 Å². The van der Waals surface area contributed by atoms with E-state index >= 15 is 0 Å². The van der Waals surface area contributed by atoms with Crippen molar-refractivity contribution in [2.45, 2.75) is 0 Å². The zero-order valence-electron chi connectivity index (χ0n) is 6.11. The van der Waals surface area contributed by atoms with Gasteiger partial charge >= 0.3 is 5.84 Å².